The number of benzene rings is 1. The number of hydrogen-bond acceptors (Lipinski definition) is 2. The van der Waals surface area contributed by atoms with Crippen molar-refractivity contribution in [1.29, 1.82) is 0 Å². The summed E-state index contributed by atoms with van der Waals surface area (Å²) in [5, 5.41) is 2.87. The van der Waals surface area contributed by atoms with Crippen LogP contribution in [0.1, 0.15) is 40.9 Å². The number of thiophene rings is 1. The summed E-state index contributed by atoms with van der Waals surface area (Å²) in [4.78, 5) is 14.1. The van der Waals surface area contributed by atoms with Gasteiger partial charge in [0.05, 0.1) is 4.88 Å². The molecule has 2 rings (SSSR count). The lowest BCUT2D eigenvalue weighted by Gasteiger charge is -2.15. The van der Waals surface area contributed by atoms with Gasteiger partial charge in [0.1, 0.15) is 0 Å². The molecular weight excluding hydrogens is 266 g/mol. The van der Waals surface area contributed by atoms with Gasteiger partial charge in [-0.2, -0.15) is 0 Å². The van der Waals surface area contributed by atoms with Crippen molar-refractivity contribution in [2.45, 2.75) is 26.2 Å². The monoisotopic (exact) mass is 283 g/mol. The fourth-order valence-electron chi connectivity index (χ4n) is 1.74. The first kappa shape index (κ1) is 14.4. The smallest absolute Gasteiger partial charge is 0.265 e. The third kappa shape index (κ3) is 3.28. The molecule has 0 aliphatic carbocycles. The molecule has 0 unspecified atom stereocenters. The molecule has 0 bridgehead atoms. The number of terminal acetylenes is 1. The van der Waals surface area contributed by atoms with Crippen molar-refractivity contribution in [1.82, 2.24) is 0 Å². The minimum absolute atomic E-state index is 0.0621. The van der Waals surface area contributed by atoms with Crippen LogP contribution in [0.15, 0.2) is 36.4 Å². The molecule has 0 fully saturated rings. The Morgan fingerprint density at radius 3 is 2.60 bits per heavy atom. The van der Waals surface area contributed by atoms with Gasteiger partial charge in [-0.25, -0.2) is 0 Å². The fraction of sp³-hybridized carbons (Fsp3) is 0.235. The van der Waals surface area contributed by atoms with Crippen LogP contribution in [0.3, 0.4) is 0 Å². The first-order valence-electron chi connectivity index (χ1n) is 6.38. The Kier molecular flexibility index (Phi) is 3.96. The number of anilines is 1. The minimum atomic E-state index is -0.0975. The average Bonchev–Trinajstić information content (AvgIpc) is 2.88. The molecule has 1 N–H and O–H groups in total. The highest BCUT2D eigenvalue weighted by Gasteiger charge is 2.18. The molecule has 0 atom stereocenters. The van der Waals surface area contributed by atoms with E-state index in [-0.39, 0.29) is 11.3 Å². The van der Waals surface area contributed by atoms with Crippen molar-refractivity contribution in [3.63, 3.8) is 0 Å². The maximum Gasteiger partial charge on any atom is 0.265 e. The van der Waals surface area contributed by atoms with E-state index in [0.717, 1.165) is 11.3 Å². The zero-order valence-corrected chi connectivity index (χ0v) is 12.7. The molecule has 2 aromatic rings. The molecule has 1 heterocycles. The quantitative estimate of drug-likeness (QED) is 0.819. The topological polar surface area (TPSA) is 29.1 Å². The first-order chi connectivity index (χ1) is 9.40. The highest BCUT2D eigenvalue weighted by atomic mass is 32.1. The van der Waals surface area contributed by atoms with Gasteiger partial charge in [0.25, 0.3) is 5.91 Å². The van der Waals surface area contributed by atoms with Gasteiger partial charge in [0.15, 0.2) is 0 Å². The van der Waals surface area contributed by atoms with E-state index >= 15 is 0 Å². The summed E-state index contributed by atoms with van der Waals surface area (Å²) in [7, 11) is 0. The zero-order valence-electron chi connectivity index (χ0n) is 11.9. The van der Waals surface area contributed by atoms with Crippen LogP contribution in [0.5, 0.6) is 0 Å². The zero-order chi connectivity index (χ0) is 14.8. The summed E-state index contributed by atoms with van der Waals surface area (Å²) in [6.45, 7) is 6.41. The van der Waals surface area contributed by atoms with Crippen LogP contribution in [0.4, 0.5) is 5.69 Å². The van der Waals surface area contributed by atoms with E-state index in [9.17, 15) is 4.79 Å². The van der Waals surface area contributed by atoms with E-state index < -0.39 is 0 Å². The van der Waals surface area contributed by atoms with E-state index in [1.54, 1.807) is 6.07 Å². The van der Waals surface area contributed by atoms with Crippen LogP contribution >= 0.6 is 11.3 Å². The Morgan fingerprint density at radius 2 is 2.00 bits per heavy atom. The molecule has 1 aromatic carbocycles. The highest BCUT2D eigenvalue weighted by molar-refractivity contribution is 7.14. The second-order valence-electron chi connectivity index (χ2n) is 5.59. The molecule has 3 heteroatoms. The number of carbonyl (C=O) groups excluding carboxylic acids is 1. The minimum Gasteiger partial charge on any atom is -0.321 e. The molecule has 0 saturated carbocycles. The maximum atomic E-state index is 12.2. The lowest BCUT2D eigenvalue weighted by Crippen LogP contribution is -2.10. The van der Waals surface area contributed by atoms with Gasteiger partial charge in [-0.05, 0) is 35.7 Å². The normalized spacial score (nSPS) is 10.9. The van der Waals surface area contributed by atoms with Crippen molar-refractivity contribution < 1.29 is 4.79 Å². The van der Waals surface area contributed by atoms with Crippen LogP contribution in [0.25, 0.3) is 0 Å². The lowest BCUT2D eigenvalue weighted by molar-refractivity contribution is 0.103. The van der Waals surface area contributed by atoms with E-state index in [1.807, 2.05) is 30.3 Å². The van der Waals surface area contributed by atoms with Crippen LogP contribution < -0.4 is 5.32 Å². The van der Waals surface area contributed by atoms with Gasteiger partial charge in [-0.15, -0.1) is 17.8 Å². The number of amides is 1. The van der Waals surface area contributed by atoms with Crippen LogP contribution in [-0.2, 0) is 5.41 Å². The van der Waals surface area contributed by atoms with Crippen molar-refractivity contribution in [2.75, 3.05) is 5.32 Å². The predicted octanol–water partition coefficient (Wildman–Crippen LogP) is 4.28. The van der Waals surface area contributed by atoms with Gasteiger partial charge in [0, 0.05) is 16.1 Å². The van der Waals surface area contributed by atoms with E-state index in [2.05, 4.69) is 32.0 Å². The molecular formula is C17H17NOS. The standard InChI is InChI=1S/C17H17NOS/c1-5-12-7-6-8-13(11-12)18-16(19)14-9-10-15(20-14)17(2,3)4/h1,6-11H,2-4H3,(H,18,19). The molecule has 1 amide bonds. The Hall–Kier alpha value is -2.05. The Bertz CT molecular complexity index is 671. The molecule has 0 aliphatic rings. The van der Waals surface area contributed by atoms with Crippen LogP contribution in [-0.4, -0.2) is 5.91 Å². The van der Waals surface area contributed by atoms with Crippen molar-refractivity contribution in [2.24, 2.45) is 0 Å². The summed E-state index contributed by atoms with van der Waals surface area (Å²) >= 11 is 1.52. The number of rotatable bonds is 2. The Labute approximate surface area is 123 Å². The summed E-state index contributed by atoms with van der Waals surface area (Å²) < 4.78 is 0. The number of nitrogens with one attached hydrogen (secondary N) is 1. The van der Waals surface area contributed by atoms with E-state index in [4.69, 9.17) is 6.42 Å². The number of carbonyl (C=O) groups is 1. The molecule has 0 aliphatic heterocycles. The number of hydrogen-bond donors (Lipinski definition) is 1. The summed E-state index contributed by atoms with van der Waals surface area (Å²) in [6, 6.07) is 11.2. The van der Waals surface area contributed by atoms with E-state index in [1.165, 1.54) is 16.2 Å². The maximum absolute atomic E-state index is 12.2. The van der Waals surface area contributed by atoms with Gasteiger partial charge < -0.3 is 5.32 Å². The van der Waals surface area contributed by atoms with Gasteiger partial charge in [-0.1, -0.05) is 32.8 Å². The third-order valence-corrected chi connectivity index (χ3v) is 4.37. The summed E-state index contributed by atoms with van der Waals surface area (Å²) in [5.74, 6) is 2.46. The molecule has 0 saturated heterocycles. The predicted molar refractivity (Wildman–Crippen MR) is 85.3 cm³/mol. The van der Waals surface area contributed by atoms with Gasteiger partial charge in [-0.3, -0.25) is 4.79 Å². The summed E-state index contributed by atoms with van der Waals surface area (Å²) in [6.07, 6.45) is 5.35. The molecule has 0 radical (unpaired) electrons. The Morgan fingerprint density at radius 1 is 1.25 bits per heavy atom. The van der Waals surface area contributed by atoms with Crippen molar-refractivity contribution in [3.8, 4) is 12.3 Å². The highest BCUT2D eigenvalue weighted by Crippen LogP contribution is 2.29. The largest absolute Gasteiger partial charge is 0.321 e. The molecule has 20 heavy (non-hydrogen) atoms. The second kappa shape index (κ2) is 5.52. The molecule has 2 nitrogen and oxygen atoms in total. The van der Waals surface area contributed by atoms with Gasteiger partial charge >= 0.3 is 0 Å². The average molecular weight is 283 g/mol. The lowest BCUT2D eigenvalue weighted by atomic mass is 9.95. The molecule has 0 spiro atoms. The van der Waals surface area contributed by atoms with Crippen LogP contribution in [0, 0.1) is 12.3 Å². The SMILES string of the molecule is C#Cc1cccc(NC(=O)c2ccc(C(C)(C)C)s2)c1. The van der Waals surface area contributed by atoms with Gasteiger partial charge in [0.2, 0.25) is 0 Å². The third-order valence-electron chi connectivity index (χ3n) is 2.86. The van der Waals surface area contributed by atoms with E-state index in [0.29, 0.717) is 4.88 Å². The van der Waals surface area contributed by atoms with Crippen molar-refractivity contribution >= 4 is 22.9 Å². The second-order valence-corrected chi connectivity index (χ2v) is 6.68. The Balaban J connectivity index is 2.16. The first-order valence-corrected chi connectivity index (χ1v) is 7.20. The van der Waals surface area contributed by atoms with Crippen LogP contribution in [0.2, 0.25) is 0 Å². The molecule has 102 valence electrons. The fourth-order valence-corrected chi connectivity index (χ4v) is 2.70. The molecule has 1 aromatic heterocycles. The van der Waals surface area contributed by atoms with Crippen molar-refractivity contribution in [3.05, 3.63) is 51.7 Å². The summed E-state index contributed by atoms with van der Waals surface area (Å²) in [5.41, 5.74) is 1.53.